The van der Waals surface area contributed by atoms with Crippen molar-refractivity contribution in [2.45, 2.75) is 64.8 Å². The van der Waals surface area contributed by atoms with Crippen molar-refractivity contribution < 1.29 is 23.5 Å². The van der Waals surface area contributed by atoms with Crippen LogP contribution in [0, 0.1) is 5.82 Å². The predicted molar refractivity (Wildman–Crippen MR) is 133 cm³/mol. The summed E-state index contributed by atoms with van der Waals surface area (Å²) in [5, 5.41) is 1.07. The van der Waals surface area contributed by atoms with Crippen molar-refractivity contribution in [2.24, 2.45) is 0 Å². The molecule has 0 N–H and O–H groups in total. The van der Waals surface area contributed by atoms with E-state index in [2.05, 4.69) is 4.57 Å². The van der Waals surface area contributed by atoms with E-state index in [1.54, 1.807) is 37.8 Å². The standard InChI is InChI=1S/C28H30FN3O4/c1-28(2,3)36-25(33)9-6-14-30-26(34)23-15-21-20-7-4-5-8-22(20)31(24(21)17-32(23)27(30)35)16-18-10-12-19(29)13-11-18/h4-5,7-8,10-13,23H,6,9,14-17H2,1-3H3/t23-/m0/s1. The minimum atomic E-state index is -0.570. The Hall–Kier alpha value is -3.68. The van der Waals surface area contributed by atoms with Gasteiger partial charge in [-0.15, -0.1) is 0 Å². The molecule has 0 bridgehead atoms. The van der Waals surface area contributed by atoms with Gasteiger partial charge in [-0.05, 0) is 56.5 Å². The third kappa shape index (κ3) is 4.47. The Kier molecular flexibility index (Phi) is 6.06. The van der Waals surface area contributed by atoms with E-state index >= 15 is 0 Å². The van der Waals surface area contributed by atoms with Gasteiger partial charge in [0.15, 0.2) is 0 Å². The van der Waals surface area contributed by atoms with Gasteiger partial charge in [0.2, 0.25) is 0 Å². The summed E-state index contributed by atoms with van der Waals surface area (Å²) in [4.78, 5) is 41.4. The molecule has 36 heavy (non-hydrogen) atoms. The molecule has 1 aromatic heterocycles. The van der Waals surface area contributed by atoms with Crippen LogP contribution in [0.4, 0.5) is 9.18 Å². The number of aromatic nitrogens is 1. The number of carbonyl (C=O) groups excluding carboxylic acids is 3. The molecule has 1 atom stereocenters. The van der Waals surface area contributed by atoms with Gasteiger partial charge in [-0.25, -0.2) is 9.18 Å². The Morgan fingerprint density at radius 2 is 1.81 bits per heavy atom. The molecule has 3 heterocycles. The highest BCUT2D eigenvalue weighted by atomic mass is 19.1. The number of carbonyl (C=O) groups is 3. The van der Waals surface area contributed by atoms with Crippen LogP contribution >= 0.6 is 0 Å². The number of imide groups is 1. The Morgan fingerprint density at radius 1 is 1.08 bits per heavy atom. The highest BCUT2D eigenvalue weighted by molar-refractivity contribution is 6.05. The minimum absolute atomic E-state index is 0.145. The summed E-state index contributed by atoms with van der Waals surface area (Å²) in [6, 6.07) is 13.6. The van der Waals surface area contributed by atoms with Crippen molar-refractivity contribution in [3.8, 4) is 0 Å². The van der Waals surface area contributed by atoms with Gasteiger partial charge in [0.05, 0.1) is 6.54 Å². The number of hydrogen-bond acceptors (Lipinski definition) is 4. The molecular formula is C28H30FN3O4. The number of para-hydroxylation sites is 1. The smallest absolute Gasteiger partial charge is 0.327 e. The predicted octanol–water partition coefficient (Wildman–Crippen LogP) is 4.64. The number of esters is 1. The molecule has 0 saturated carbocycles. The first-order valence-corrected chi connectivity index (χ1v) is 12.3. The zero-order valence-corrected chi connectivity index (χ0v) is 20.8. The average molecular weight is 492 g/mol. The molecule has 2 aromatic carbocycles. The maximum Gasteiger partial charge on any atom is 0.327 e. The molecule has 0 aliphatic carbocycles. The number of fused-ring (bicyclic) bond motifs is 4. The van der Waals surface area contributed by atoms with Crippen LogP contribution in [0.2, 0.25) is 0 Å². The summed E-state index contributed by atoms with van der Waals surface area (Å²) in [5.74, 6) is -0.841. The lowest BCUT2D eigenvalue weighted by molar-refractivity contribution is -0.155. The second-order valence-electron chi connectivity index (χ2n) is 10.5. The van der Waals surface area contributed by atoms with Crippen molar-refractivity contribution in [1.29, 1.82) is 0 Å². The van der Waals surface area contributed by atoms with Crippen molar-refractivity contribution in [2.75, 3.05) is 6.54 Å². The minimum Gasteiger partial charge on any atom is -0.460 e. The number of urea groups is 1. The lowest BCUT2D eigenvalue weighted by Gasteiger charge is -2.28. The Balaban J connectivity index is 1.37. The number of benzene rings is 2. The molecule has 5 rings (SSSR count). The van der Waals surface area contributed by atoms with E-state index in [1.165, 1.54) is 17.0 Å². The van der Waals surface area contributed by atoms with Crippen LogP contribution in [0.25, 0.3) is 10.9 Å². The zero-order valence-electron chi connectivity index (χ0n) is 20.8. The average Bonchev–Trinajstić information content (AvgIpc) is 3.25. The van der Waals surface area contributed by atoms with Gasteiger partial charge in [0.25, 0.3) is 5.91 Å². The Labute approximate surface area is 209 Å². The summed E-state index contributed by atoms with van der Waals surface area (Å²) in [6.07, 6.45) is 0.950. The van der Waals surface area contributed by atoms with Gasteiger partial charge >= 0.3 is 12.0 Å². The maximum absolute atomic E-state index is 13.4. The molecule has 1 saturated heterocycles. The van der Waals surface area contributed by atoms with Gasteiger partial charge in [-0.2, -0.15) is 0 Å². The number of rotatable bonds is 6. The van der Waals surface area contributed by atoms with Crippen LogP contribution < -0.4 is 0 Å². The van der Waals surface area contributed by atoms with E-state index in [4.69, 9.17) is 4.74 Å². The number of halogens is 1. The molecule has 2 aliphatic rings. The van der Waals surface area contributed by atoms with Crippen LogP contribution in [0.5, 0.6) is 0 Å². The molecular weight excluding hydrogens is 461 g/mol. The van der Waals surface area contributed by atoms with Crippen molar-refractivity contribution in [3.63, 3.8) is 0 Å². The summed E-state index contributed by atoms with van der Waals surface area (Å²) in [7, 11) is 0. The Morgan fingerprint density at radius 3 is 2.53 bits per heavy atom. The molecule has 0 unspecified atom stereocenters. The highest BCUT2D eigenvalue weighted by Gasteiger charge is 2.48. The van der Waals surface area contributed by atoms with Crippen molar-refractivity contribution >= 4 is 28.8 Å². The summed E-state index contributed by atoms with van der Waals surface area (Å²) < 4.78 is 20.9. The quantitative estimate of drug-likeness (QED) is 0.372. The van der Waals surface area contributed by atoms with E-state index in [0.29, 0.717) is 25.9 Å². The maximum atomic E-state index is 13.4. The van der Waals surface area contributed by atoms with Gasteiger partial charge < -0.3 is 14.2 Å². The molecule has 1 fully saturated rings. The number of amides is 3. The third-order valence-electron chi connectivity index (χ3n) is 6.75. The van der Waals surface area contributed by atoms with E-state index in [1.807, 2.05) is 24.3 Å². The fourth-order valence-corrected chi connectivity index (χ4v) is 5.20. The molecule has 0 spiro atoms. The Bertz CT molecular complexity index is 1340. The van der Waals surface area contributed by atoms with E-state index in [-0.39, 0.29) is 36.7 Å². The number of hydrogen-bond donors (Lipinski definition) is 0. The number of nitrogens with zero attached hydrogens (tertiary/aromatic N) is 3. The van der Waals surface area contributed by atoms with Gasteiger partial charge in [-0.1, -0.05) is 30.3 Å². The first-order chi connectivity index (χ1) is 17.1. The molecule has 8 heteroatoms. The van der Waals surface area contributed by atoms with E-state index < -0.39 is 11.6 Å². The van der Waals surface area contributed by atoms with Crippen LogP contribution in [-0.2, 0) is 33.8 Å². The lowest BCUT2D eigenvalue weighted by Crippen LogP contribution is -2.40. The second kappa shape index (κ2) is 9.08. The van der Waals surface area contributed by atoms with Crippen LogP contribution in [0.1, 0.15) is 50.4 Å². The lowest BCUT2D eigenvalue weighted by atomic mass is 9.97. The molecule has 7 nitrogen and oxygen atoms in total. The third-order valence-corrected chi connectivity index (χ3v) is 6.75. The normalized spacial score (nSPS) is 17.5. The fraction of sp³-hybridized carbons (Fsp3) is 0.393. The first kappa shape index (κ1) is 24.0. The zero-order chi connectivity index (χ0) is 25.6. The van der Waals surface area contributed by atoms with Crippen LogP contribution in [0.15, 0.2) is 48.5 Å². The monoisotopic (exact) mass is 491 g/mol. The van der Waals surface area contributed by atoms with E-state index in [9.17, 15) is 18.8 Å². The van der Waals surface area contributed by atoms with Crippen LogP contribution in [-0.4, -0.2) is 50.5 Å². The van der Waals surface area contributed by atoms with Gasteiger partial charge in [-0.3, -0.25) is 14.5 Å². The van der Waals surface area contributed by atoms with Crippen LogP contribution in [0.3, 0.4) is 0 Å². The molecule has 2 aliphatic heterocycles. The van der Waals surface area contributed by atoms with Crippen molar-refractivity contribution in [1.82, 2.24) is 14.4 Å². The molecule has 188 valence electrons. The highest BCUT2D eigenvalue weighted by Crippen LogP contribution is 2.37. The second-order valence-corrected chi connectivity index (χ2v) is 10.5. The fourth-order valence-electron chi connectivity index (χ4n) is 5.20. The van der Waals surface area contributed by atoms with Crippen molar-refractivity contribution in [3.05, 3.63) is 71.2 Å². The first-order valence-electron chi connectivity index (χ1n) is 12.3. The molecule has 3 amide bonds. The summed E-state index contributed by atoms with van der Waals surface area (Å²) >= 11 is 0. The number of ether oxygens (including phenoxy) is 1. The molecule has 0 radical (unpaired) electrons. The molecule has 3 aromatic rings. The van der Waals surface area contributed by atoms with Gasteiger partial charge in [0, 0.05) is 42.5 Å². The summed E-state index contributed by atoms with van der Waals surface area (Å²) in [5.41, 5.74) is 3.48. The largest absolute Gasteiger partial charge is 0.460 e. The summed E-state index contributed by atoms with van der Waals surface area (Å²) in [6.45, 7) is 6.46. The SMILES string of the molecule is CC(C)(C)OC(=O)CCCN1C(=O)[C@@H]2Cc3c(n(Cc4ccc(F)cc4)c4ccccc34)CN2C1=O. The topological polar surface area (TPSA) is 71.8 Å². The van der Waals surface area contributed by atoms with E-state index in [0.717, 1.165) is 27.7 Å². The van der Waals surface area contributed by atoms with Gasteiger partial charge in [0.1, 0.15) is 17.5 Å².